The summed E-state index contributed by atoms with van der Waals surface area (Å²) in [7, 11) is 0. The van der Waals surface area contributed by atoms with Crippen LogP contribution in [-0.2, 0) is 28.6 Å². The number of carbonyl (C=O) groups excluding carboxylic acids is 3. The van der Waals surface area contributed by atoms with Crippen LogP contribution in [0.4, 0.5) is 0 Å². The number of esters is 3. The maximum Gasteiger partial charge on any atom is 0.310 e. The summed E-state index contributed by atoms with van der Waals surface area (Å²) in [5.41, 5.74) is 0. The minimum atomic E-state index is -0.835. The Labute approximate surface area is 373 Å². The van der Waals surface area contributed by atoms with Gasteiger partial charge in [-0.05, 0) is 89.9 Å². The summed E-state index contributed by atoms with van der Waals surface area (Å²) in [6.45, 7) is 6.20. The zero-order valence-electron chi connectivity index (χ0n) is 38.9. The molecule has 0 fully saturated rings. The minimum absolute atomic E-state index is 0.0900. The molecule has 342 valence electrons. The van der Waals surface area contributed by atoms with E-state index in [9.17, 15) is 14.4 Å². The molecule has 0 aromatic rings. The SMILES string of the molecule is CC/C=C\C/C=C\C/C=C\C/C=C\C/C=C\CCCCCCCCCC(=O)OCC(COC(=O)CCCCCCC)OC(=O)C/C=C\C/C=C\C/C=C\C/C=C\C/C=C\CC. The Balaban J connectivity index is 4.31. The molecule has 0 aliphatic rings. The van der Waals surface area contributed by atoms with Crippen LogP contribution in [0.1, 0.15) is 188 Å². The molecule has 6 nitrogen and oxygen atoms in total. The Morgan fingerprint density at radius 2 is 0.689 bits per heavy atom. The average molecular weight is 843 g/mol. The smallest absolute Gasteiger partial charge is 0.310 e. The maximum atomic E-state index is 12.6. The Morgan fingerprint density at radius 3 is 1.08 bits per heavy atom. The second-order valence-corrected chi connectivity index (χ2v) is 15.3. The molecule has 0 spiro atoms. The molecular formula is C55H86O6. The molecule has 0 bridgehead atoms. The molecule has 0 aromatic carbocycles. The van der Waals surface area contributed by atoms with Crippen LogP contribution in [0.25, 0.3) is 0 Å². The molecule has 0 amide bonds. The van der Waals surface area contributed by atoms with Crippen molar-refractivity contribution in [1.82, 2.24) is 0 Å². The van der Waals surface area contributed by atoms with Gasteiger partial charge in [-0.15, -0.1) is 0 Å². The van der Waals surface area contributed by atoms with Crippen molar-refractivity contribution >= 4 is 17.9 Å². The van der Waals surface area contributed by atoms with Crippen molar-refractivity contribution in [1.29, 1.82) is 0 Å². The van der Waals surface area contributed by atoms with Gasteiger partial charge in [-0.2, -0.15) is 0 Å². The van der Waals surface area contributed by atoms with Gasteiger partial charge in [0.2, 0.25) is 0 Å². The summed E-state index contributed by atoms with van der Waals surface area (Å²) in [5.74, 6) is -1.09. The van der Waals surface area contributed by atoms with Crippen LogP contribution in [0.5, 0.6) is 0 Å². The quantitative estimate of drug-likeness (QED) is 0.0264. The maximum absolute atomic E-state index is 12.6. The van der Waals surface area contributed by atoms with E-state index in [4.69, 9.17) is 14.2 Å². The van der Waals surface area contributed by atoms with E-state index in [0.717, 1.165) is 116 Å². The highest BCUT2D eigenvalue weighted by atomic mass is 16.6. The number of allylic oxidation sites excluding steroid dienone is 19. The summed E-state index contributed by atoms with van der Waals surface area (Å²) in [5, 5.41) is 0. The Kier molecular flexibility index (Phi) is 45.1. The monoisotopic (exact) mass is 843 g/mol. The van der Waals surface area contributed by atoms with Crippen LogP contribution in [0.15, 0.2) is 122 Å². The molecule has 0 aromatic heterocycles. The first-order chi connectivity index (χ1) is 30.0. The van der Waals surface area contributed by atoms with E-state index < -0.39 is 12.1 Å². The van der Waals surface area contributed by atoms with Crippen LogP contribution in [0.2, 0.25) is 0 Å². The predicted octanol–water partition coefficient (Wildman–Crippen LogP) is 15.7. The largest absolute Gasteiger partial charge is 0.462 e. The van der Waals surface area contributed by atoms with E-state index in [-0.39, 0.29) is 31.6 Å². The van der Waals surface area contributed by atoms with Crippen molar-refractivity contribution in [3.8, 4) is 0 Å². The molecule has 1 unspecified atom stereocenters. The number of rotatable bonds is 41. The van der Waals surface area contributed by atoms with Crippen LogP contribution >= 0.6 is 0 Å². The number of hydrogen-bond acceptors (Lipinski definition) is 6. The molecule has 0 rings (SSSR count). The van der Waals surface area contributed by atoms with Crippen LogP contribution in [-0.4, -0.2) is 37.2 Å². The number of unbranched alkanes of at least 4 members (excludes halogenated alkanes) is 11. The lowest BCUT2D eigenvalue weighted by atomic mass is 10.1. The molecule has 0 N–H and O–H groups in total. The van der Waals surface area contributed by atoms with E-state index in [1.165, 1.54) is 25.7 Å². The molecule has 0 radical (unpaired) electrons. The van der Waals surface area contributed by atoms with Gasteiger partial charge in [0, 0.05) is 12.8 Å². The Morgan fingerprint density at radius 1 is 0.361 bits per heavy atom. The van der Waals surface area contributed by atoms with Gasteiger partial charge in [-0.3, -0.25) is 14.4 Å². The molecule has 0 aliphatic heterocycles. The first-order valence-corrected chi connectivity index (χ1v) is 24.0. The lowest BCUT2D eigenvalue weighted by molar-refractivity contribution is -0.166. The van der Waals surface area contributed by atoms with Crippen molar-refractivity contribution in [3.05, 3.63) is 122 Å². The van der Waals surface area contributed by atoms with Crippen LogP contribution in [0.3, 0.4) is 0 Å². The highest BCUT2D eigenvalue weighted by molar-refractivity contribution is 5.72. The average Bonchev–Trinajstić information content (AvgIpc) is 3.26. The zero-order valence-corrected chi connectivity index (χ0v) is 38.9. The summed E-state index contributed by atoms with van der Waals surface area (Å²) in [4.78, 5) is 37.5. The fourth-order valence-corrected chi connectivity index (χ4v) is 5.95. The third-order valence-corrected chi connectivity index (χ3v) is 9.49. The summed E-state index contributed by atoms with van der Waals surface area (Å²) in [6.07, 6.45) is 66.7. The highest BCUT2D eigenvalue weighted by Gasteiger charge is 2.19. The first-order valence-electron chi connectivity index (χ1n) is 24.0. The summed E-state index contributed by atoms with van der Waals surface area (Å²) < 4.78 is 16.5. The van der Waals surface area contributed by atoms with Gasteiger partial charge < -0.3 is 14.2 Å². The number of hydrogen-bond donors (Lipinski definition) is 0. The fourth-order valence-electron chi connectivity index (χ4n) is 5.95. The molecule has 1 atom stereocenters. The van der Waals surface area contributed by atoms with E-state index in [1.54, 1.807) is 6.08 Å². The zero-order chi connectivity index (χ0) is 44.4. The summed E-state index contributed by atoms with van der Waals surface area (Å²) in [6, 6.07) is 0. The normalized spacial score (nSPS) is 13.2. The molecule has 61 heavy (non-hydrogen) atoms. The molecule has 6 heteroatoms. The van der Waals surface area contributed by atoms with E-state index in [0.29, 0.717) is 19.3 Å². The standard InChI is InChI=1S/C55H86O6/c1-4-7-10-13-15-17-19-21-23-24-25-26-27-28-29-30-32-33-35-37-39-42-45-48-54(57)60-51-52(50-59-53(56)47-44-41-12-9-6-3)61-55(58)49-46-43-40-38-36-34-31-22-20-18-16-14-11-8-5-2/h7-8,10-11,15-18,21-23,25-26,28-29,31,36,38,43,46,52H,4-6,9,12-14,19-20,24,27,30,32-35,37,39-42,44-45,47-51H2,1-3H3/b10-7-,11-8-,17-15-,18-16-,23-21-,26-25-,29-28-,31-22-,38-36-,46-43-. The minimum Gasteiger partial charge on any atom is -0.462 e. The van der Waals surface area contributed by atoms with Crippen molar-refractivity contribution in [2.24, 2.45) is 0 Å². The molecule has 0 heterocycles. The Bertz CT molecular complexity index is 1340. The van der Waals surface area contributed by atoms with Crippen LogP contribution < -0.4 is 0 Å². The third-order valence-electron chi connectivity index (χ3n) is 9.49. The summed E-state index contributed by atoms with van der Waals surface area (Å²) >= 11 is 0. The Hall–Kier alpha value is -4.19. The van der Waals surface area contributed by atoms with Crippen molar-refractivity contribution in [2.75, 3.05) is 13.2 Å². The number of ether oxygens (including phenoxy) is 3. The molecular weight excluding hydrogens is 757 g/mol. The van der Waals surface area contributed by atoms with Crippen molar-refractivity contribution in [2.45, 2.75) is 194 Å². The predicted molar refractivity (Wildman–Crippen MR) is 260 cm³/mol. The van der Waals surface area contributed by atoms with Gasteiger partial charge in [-0.1, -0.05) is 200 Å². The van der Waals surface area contributed by atoms with Crippen LogP contribution in [0, 0.1) is 0 Å². The van der Waals surface area contributed by atoms with E-state index >= 15 is 0 Å². The van der Waals surface area contributed by atoms with Gasteiger partial charge in [0.05, 0.1) is 6.42 Å². The third kappa shape index (κ3) is 46.7. The van der Waals surface area contributed by atoms with E-state index in [1.807, 2.05) is 6.08 Å². The molecule has 0 saturated heterocycles. The second kappa shape index (κ2) is 48.5. The topological polar surface area (TPSA) is 78.9 Å². The van der Waals surface area contributed by atoms with Gasteiger partial charge in [-0.25, -0.2) is 0 Å². The van der Waals surface area contributed by atoms with E-state index in [2.05, 4.69) is 130 Å². The second-order valence-electron chi connectivity index (χ2n) is 15.3. The molecule has 0 saturated carbocycles. The highest BCUT2D eigenvalue weighted by Crippen LogP contribution is 2.12. The molecule has 0 aliphatic carbocycles. The lowest BCUT2D eigenvalue weighted by Gasteiger charge is -2.18. The first kappa shape index (κ1) is 56.8. The lowest BCUT2D eigenvalue weighted by Crippen LogP contribution is -2.30. The van der Waals surface area contributed by atoms with Gasteiger partial charge >= 0.3 is 17.9 Å². The van der Waals surface area contributed by atoms with Gasteiger partial charge in [0.1, 0.15) is 13.2 Å². The van der Waals surface area contributed by atoms with Gasteiger partial charge in [0.25, 0.3) is 0 Å². The fraction of sp³-hybridized carbons (Fsp3) is 0.582. The van der Waals surface area contributed by atoms with Crippen molar-refractivity contribution in [3.63, 3.8) is 0 Å². The van der Waals surface area contributed by atoms with Crippen molar-refractivity contribution < 1.29 is 28.6 Å². The number of carbonyl (C=O) groups is 3. The van der Waals surface area contributed by atoms with Gasteiger partial charge in [0.15, 0.2) is 6.10 Å².